The fourth-order valence-electron chi connectivity index (χ4n) is 1.75. The van der Waals surface area contributed by atoms with Crippen molar-refractivity contribution in [3.63, 3.8) is 0 Å². The van der Waals surface area contributed by atoms with Gasteiger partial charge < -0.3 is 10.4 Å². The van der Waals surface area contributed by atoms with Gasteiger partial charge in [-0.3, -0.25) is 4.79 Å². The predicted octanol–water partition coefficient (Wildman–Crippen LogP) is 5.39. The average Bonchev–Trinajstić information content (AvgIpc) is 2.64. The first-order valence-electron chi connectivity index (χ1n) is 5.58. The van der Waals surface area contributed by atoms with E-state index in [1.165, 1.54) is 11.3 Å². The van der Waals surface area contributed by atoms with E-state index in [9.17, 15) is 4.79 Å². The lowest BCUT2D eigenvalue weighted by Gasteiger charge is -2.12. The minimum Gasteiger partial charge on any atom is -0.481 e. The molecule has 0 radical (unpaired) electrons. The van der Waals surface area contributed by atoms with E-state index in [4.69, 9.17) is 39.9 Å². The first-order valence-corrected chi connectivity index (χ1v) is 7.60. The van der Waals surface area contributed by atoms with Gasteiger partial charge in [-0.05, 0) is 30.0 Å². The fraction of sp³-hybridized carbons (Fsp3) is 0.154. The Bertz CT molecular complexity index is 647. The summed E-state index contributed by atoms with van der Waals surface area (Å²) < 4.78 is 0. The van der Waals surface area contributed by atoms with Gasteiger partial charge in [-0.25, -0.2) is 0 Å². The molecule has 0 amide bonds. The molecule has 0 aliphatic rings. The minimum absolute atomic E-state index is 0.0600. The Morgan fingerprint density at radius 3 is 2.40 bits per heavy atom. The standard InChI is InChI=1S/C13H10Cl3NO2S/c1-6-12(7(5-20-6)2-11(18)19)17-13-9(15)3-8(14)4-10(13)16/h3-5,17H,2H2,1H3,(H,18,19). The second kappa shape index (κ2) is 6.22. The number of rotatable bonds is 4. The molecule has 1 aromatic carbocycles. The Morgan fingerprint density at radius 1 is 1.25 bits per heavy atom. The van der Waals surface area contributed by atoms with E-state index in [-0.39, 0.29) is 6.42 Å². The second-order valence-corrected chi connectivity index (χ2v) is 6.47. The van der Waals surface area contributed by atoms with Crippen LogP contribution in [0.1, 0.15) is 10.4 Å². The highest BCUT2D eigenvalue weighted by Crippen LogP contribution is 2.38. The molecular weight excluding hydrogens is 341 g/mol. The van der Waals surface area contributed by atoms with Crippen molar-refractivity contribution in [2.24, 2.45) is 0 Å². The van der Waals surface area contributed by atoms with Gasteiger partial charge in [0.05, 0.1) is 27.8 Å². The van der Waals surface area contributed by atoms with Crippen molar-refractivity contribution in [2.75, 3.05) is 5.32 Å². The summed E-state index contributed by atoms with van der Waals surface area (Å²) in [7, 11) is 0. The van der Waals surface area contributed by atoms with E-state index in [0.717, 1.165) is 10.6 Å². The zero-order chi connectivity index (χ0) is 14.9. The van der Waals surface area contributed by atoms with Crippen molar-refractivity contribution < 1.29 is 9.90 Å². The number of hydrogen-bond acceptors (Lipinski definition) is 3. The molecule has 2 aromatic rings. The Labute approximate surface area is 135 Å². The van der Waals surface area contributed by atoms with Crippen LogP contribution in [0.5, 0.6) is 0 Å². The van der Waals surface area contributed by atoms with Crippen LogP contribution in [-0.4, -0.2) is 11.1 Å². The highest BCUT2D eigenvalue weighted by atomic mass is 35.5. The number of anilines is 2. The van der Waals surface area contributed by atoms with Gasteiger partial charge in [0.1, 0.15) is 0 Å². The third-order valence-electron chi connectivity index (χ3n) is 2.65. The minimum atomic E-state index is -0.890. The van der Waals surface area contributed by atoms with E-state index in [2.05, 4.69) is 5.32 Å². The number of hydrogen-bond donors (Lipinski definition) is 2. The van der Waals surface area contributed by atoms with Crippen molar-refractivity contribution in [3.05, 3.63) is 43.0 Å². The molecule has 0 saturated carbocycles. The number of aliphatic carboxylic acids is 1. The van der Waals surface area contributed by atoms with Crippen LogP contribution < -0.4 is 5.32 Å². The highest BCUT2D eigenvalue weighted by Gasteiger charge is 2.15. The van der Waals surface area contributed by atoms with E-state index in [1.807, 2.05) is 12.3 Å². The van der Waals surface area contributed by atoms with Crippen LogP contribution in [0.3, 0.4) is 0 Å². The monoisotopic (exact) mass is 349 g/mol. The van der Waals surface area contributed by atoms with Crippen LogP contribution in [0.2, 0.25) is 15.1 Å². The van der Waals surface area contributed by atoms with Gasteiger partial charge in [-0.1, -0.05) is 34.8 Å². The maximum absolute atomic E-state index is 10.9. The van der Waals surface area contributed by atoms with E-state index in [1.54, 1.807) is 12.1 Å². The molecule has 7 heteroatoms. The molecule has 1 aromatic heterocycles. The third-order valence-corrected chi connectivity index (χ3v) is 4.42. The molecule has 2 N–H and O–H groups in total. The summed E-state index contributed by atoms with van der Waals surface area (Å²) in [5.74, 6) is -0.890. The highest BCUT2D eigenvalue weighted by molar-refractivity contribution is 7.10. The summed E-state index contributed by atoms with van der Waals surface area (Å²) in [6.07, 6.45) is -0.0600. The maximum atomic E-state index is 10.9. The smallest absolute Gasteiger partial charge is 0.307 e. The number of thiophene rings is 1. The summed E-state index contributed by atoms with van der Waals surface area (Å²) in [6, 6.07) is 3.16. The van der Waals surface area contributed by atoms with Crippen LogP contribution >= 0.6 is 46.1 Å². The largest absolute Gasteiger partial charge is 0.481 e. The molecule has 0 aliphatic carbocycles. The molecule has 3 nitrogen and oxygen atoms in total. The van der Waals surface area contributed by atoms with Gasteiger partial charge in [-0.15, -0.1) is 11.3 Å². The van der Waals surface area contributed by atoms with Crippen LogP contribution in [0.4, 0.5) is 11.4 Å². The lowest BCUT2D eigenvalue weighted by atomic mass is 10.2. The summed E-state index contributed by atoms with van der Waals surface area (Å²) >= 11 is 19.6. The van der Waals surface area contributed by atoms with Crippen LogP contribution in [0.15, 0.2) is 17.5 Å². The Hall–Kier alpha value is -0.940. The molecule has 0 fully saturated rings. The van der Waals surface area contributed by atoms with Gasteiger partial charge in [0.15, 0.2) is 0 Å². The van der Waals surface area contributed by atoms with Crippen molar-refractivity contribution in [2.45, 2.75) is 13.3 Å². The zero-order valence-electron chi connectivity index (χ0n) is 10.3. The molecular formula is C13H10Cl3NO2S. The molecule has 20 heavy (non-hydrogen) atoms. The van der Waals surface area contributed by atoms with Crippen molar-refractivity contribution in [3.8, 4) is 0 Å². The predicted molar refractivity (Wildman–Crippen MR) is 85.2 cm³/mol. The number of aryl methyl sites for hydroxylation is 1. The van der Waals surface area contributed by atoms with E-state index >= 15 is 0 Å². The maximum Gasteiger partial charge on any atom is 0.307 e. The van der Waals surface area contributed by atoms with Gasteiger partial charge >= 0.3 is 5.97 Å². The van der Waals surface area contributed by atoms with Gasteiger partial charge in [0, 0.05) is 9.90 Å². The number of nitrogens with one attached hydrogen (secondary N) is 1. The van der Waals surface area contributed by atoms with Crippen LogP contribution in [0.25, 0.3) is 0 Å². The summed E-state index contributed by atoms with van der Waals surface area (Å²) in [6.45, 7) is 1.90. The molecule has 1 heterocycles. The second-order valence-electron chi connectivity index (χ2n) is 4.13. The van der Waals surface area contributed by atoms with Gasteiger partial charge in [0.25, 0.3) is 0 Å². The molecule has 0 spiro atoms. The molecule has 0 saturated heterocycles. The first kappa shape index (κ1) is 15.4. The van der Waals surface area contributed by atoms with Crippen LogP contribution in [-0.2, 0) is 11.2 Å². The summed E-state index contributed by atoms with van der Waals surface area (Å²) in [5.41, 5.74) is 1.94. The molecule has 0 unspecified atom stereocenters. The normalized spacial score (nSPS) is 10.6. The Balaban J connectivity index is 2.40. The van der Waals surface area contributed by atoms with Gasteiger partial charge in [-0.2, -0.15) is 0 Å². The first-order chi connectivity index (χ1) is 9.38. The number of benzene rings is 1. The van der Waals surface area contributed by atoms with E-state index in [0.29, 0.717) is 26.3 Å². The average molecular weight is 351 g/mol. The van der Waals surface area contributed by atoms with Crippen molar-refractivity contribution in [1.82, 2.24) is 0 Å². The lowest BCUT2D eigenvalue weighted by molar-refractivity contribution is -0.136. The third kappa shape index (κ3) is 3.38. The van der Waals surface area contributed by atoms with E-state index < -0.39 is 5.97 Å². The number of halogens is 3. The van der Waals surface area contributed by atoms with Crippen molar-refractivity contribution in [1.29, 1.82) is 0 Å². The Kier molecular flexibility index (Phi) is 4.81. The topological polar surface area (TPSA) is 49.3 Å². The lowest BCUT2D eigenvalue weighted by Crippen LogP contribution is -2.02. The van der Waals surface area contributed by atoms with Gasteiger partial charge in [0.2, 0.25) is 0 Å². The number of carboxylic acids is 1. The summed E-state index contributed by atoms with van der Waals surface area (Å²) in [4.78, 5) is 11.8. The molecule has 0 aliphatic heterocycles. The number of carbonyl (C=O) groups is 1. The molecule has 106 valence electrons. The fourth-order valence-corrected chi connectivity index (χ4v) is 3.48. The Morgan fingerprint density at radius 2 is 1.85 bits per heavy atom. The zero-order valence-corrected chi connectivity index (χ0v) is 13.4. The van der Waals surface area contributed by atoms with Crippen molar-refractivity contribution >= 4 is 63.5 Å². The molecule has 0 atom stereocenters. The number of carboxylic acid groups (broad SMARTS) is 1. The summed E-state index contributed by atoms with van der Waals surface area (Å²) in [5, 5.41) is 15.1. The van der Waals surface area contributed by atoms with Crippen LogP contribution in [0, 0.1) is 6.92 Å². The molecule has 2 rings (SSSR count). The SMILES string of the molecule is Cc1scc(CC(=O)O)c1Nc1c(Cl)cc(Cl)cc1Cl. The molecule has 0 bridgehead atoms. The quantitative estimate of drug-likeness (QED) is 0.777.